The fraction of sp³-hybridized carbons (Fsp3) is 0.632. The van der Waals surface area contributed by atoms with E-state index in [9.17, 15) is 4.79 Å². The molecule has 0 bridgehead atoms. The third-order valence-electron chi connectivity index (χ3n) is 4.01. The quantitative estimate of drug-likeness (QED) is 0.690. The molecule has 0 aliphatic carbocycles. The van der Waals surface area contributed by atoms with E-state index in [4.69, 9.17) is 9.47 Å². The fourth-order valence-electron chi connectivity index (χ4n) is 2.80. The van der Waals surface area contributed by atoms with Gasteiger partial charge in [0, 0.05) is 25.6 Å². The van der Waals surface area contributed by atoms with Crippen LogP contribution in [0.1, 0.15) is 33.1 Å². The SMILES string of the molecule is CC(C)COCCC(=O)N1CCCC(COc2ccccc2)C1. The number of benzene rings is 1. The summed E-state index contributed by atoms with van der Waals surface area (Å²) in [7, 11) is 0. The van der Waals surface area contributed by atoms with Gasteiger partial charge in [0.05, 0.1) is 19.6 Å². The highest BCUT2D eigenvalue weighted by molar-refractivity contribution is 5.76. The Hall–Kier alpha value is -1.55. The van der Waals surface area contributed by atoms with Crippen LogP contribution in [0.4, 0.5) is 0 Å². The van der Waals surface area contributed by atoms with Crippen molar-refractivity contribution in [3.63, 3.8) is 0 Å². The lowest BCUT2D eigenvalue weighted by Gasteiger charge is -2.32. The van der Waals surface area contributed by atoms with Crippen LogP contribution < -0.4 is 4.74 Å². The third kappa shape index (κ3) is 6.61. The summed E-state index contributed by atoms with van der Waals surface area (Å²) in [6.45, 7) is 7.82. The highest BCUT2D eigenvalue weighted by atomic mass is 16.5. The van der Waals surface area contributed by atoms with E-state index < -0.39 is 0 Å². The first-order valence-corrected chi connectivity index (χ1v) is 8.68. The molecule has 1 unspecified atom stereocenters. The number of amides is 1. The van der Waals surface area contributed by atoms with E-state index >= 15 is 0 Å². The molecule has 1 aliphatic heterocycles. The second-order valence-electron chi connectivity index (χ2n) is 6.69. The maximum atomic E-state index is 12.3. The monoisotopic (exact) mass is 319 g/mol. The number of ether oxygens (including phenoxy) is 2. The smallest absolute Gasteiger partial charge is 0.224 e. The van der Waals surface area contributed by atoms with Crippen LogP contribution in [0.25, 0.3) is 0 Å². The first-order valence-electron chi connectivity index (χ1n) is 8.68. The Labute approximate surface area is 139 Å². The molecule has 1 fully saturated rings. The molecule has 1 aromatic carbocycles. The van der Waals surface area contributed by atoms with Gasteiger partial charge in [-0.3, -0.25) is 4.79 Å². The Morgan fingerprint density at radius 3 is 2.83 bits per heavy atom. The van der Waals surface area contributed by atoms with Crippen molar-refractivity contribution >= 4 is 5.91 Å². The van der Waals surface area contributed by atoms with E-state index in [-0.39, 0.29) is 5.91 Å². The summed E-state index contributed by atoms with van der Waals surface area (Å²) in [6, 6.07) is 9.87. The van der Waals surface area contributed by atoms with Gasteiger partial charge in [-0.05, 0) is 30.9 Å². The van der Waals surface area contributed by atoms with E-state index in [0.29, 0.717) is 31.5 Å². The Morgan fingerprint density at radius 2 is 2.09 bits per heavy atom. The molecule has 0 saturated carbocycles. The normalized spacial score (nSPS) is 18.2. The number of hydrogen-bond donors (Lipinski definition) is 0. The minimum Gasteiger partial charge on any atom is -0.493 e. The molecular weight excluding hydrogens is 290 g/mol. The Bertz CT molecular complexity index is 461. The van der Waals surface area contributed by atoms with Crippen molar-refractivity contribution in [2.24, 2.45) is 11.8 Å². The molecule has 23 heavy (non-hydrogen) atoms. The molecule has 4 heteroatoms. The minimum absolute atomic E-state index is 0.207. The van der Waals surface area contributed by atoms with Crippen LogP contribution in [-0.4, -0.2) is 43.7 Å². The molecule has 2 rings (SSSR count). The number of hydrogen-bond acceptors (Lipinski definition) is 3. The van der Waals surface area contributed by atoms with Crippen LogP contribution in [0.2, 0.25) is 0 Å². The van der Waals surface area contributed by atoms with E-state index in [0.717, 1.165) is 38.3 Å². The van der Waals surface area contributed by atoms with Crippen LogP contribution in [0, 0.1) is 11.8 Å². The highest BCUT2D eigenvalue weighted by Crippen LogP contribution is 2.19. The number of para-hydroxylation sites is 1. The van der Waals surface area contributed by atoms with Crippen molar-refractivity contribution < 1.29 is 14.3 Å². The number of carbonyl (C=O) groups excluding carboxylic acids is 1. The van der Waals surface area contributed by atoms with Crippen molar-refractivity contribution in [2.75, 3.05) is 32.9 Å². The van der Waals surface area contributed by atoms with Gasteiger partial charge in [0.2, 0.25) is 5.91 Å². The van der Waals surface area contributed by atoms with Gasteiger partial charge in [0.25, 0.3) is 0 Å². The first-order chi connectivity index (χ1) is 11.1. The molecule has 0 radical (unpaired) electrons. The maximum Gasteiger partial charge on any atom is 0.224 e. The number of nitrogens with zero attached hydrogens (tertiary/aromatic N) is 1. The fourth-order valence-corrected chi connectivity index (χ4v) is 2.80. The zero-order chi connectivity index (χ0) is 16.5. The summed E-state index contributed by atoms with van der Waals surface area (Å²) in [5, 5.41) is 0. The van der Waals surface area contributed by atoms with Crippen LogP contribution in [-0.2, 0) is 9.53 Å². The largest absolute Gasteiger partial charge is 0.493 e. The zero-order valence-electron chi connectivity index (χ0n) is 14.4. The second kappa shape index (κ2) is 9.56. The lowest BCUT2D eigenvalue weighted by Crippen LogP contribution is -2.41. The molecule has 0 spiro atoms. The van der Waals surface area contributed by atoms with E-state index in [1.807, 2.05) is 35.2 Å². The van der Waals surface area contributed by atoms with Gasteiger partial charge >= 0.3 is 0 Å². The Morgan fingerprint density at radius 1 is 1.30 bits per heavy atom. The average molecular weight is 319 g/mol. The number of carbonyl (C=O) groups is 1. The molecule has 1 saturated heterocycles. The van der Waals surface area contributed by atoms with Crippen molar-refractivity contribution in [2.45, 2.75) is 33.1 Å². The van der Waals surface area contributed by atoms with Crippen LogP contribution >= 0.6 is 0 Å². The maximum absolute atomic E-state index is 12.3. The average Bonchev–Trinajstić information content (AvgIpc) is 2.58. The number of piperidine rings is 1. The van der Waals surface area contributed by atoms with Crippen LogP contribution in [0.3, 0.4) is 0 Å². The number of rotatable bonds is 8. The molecule has 4 nitrogen and oxygen atoms in total. The second-order valence-corrected chi connectivity index (χ2v) is 6.69. The molecule has 1 atom stereocenters. The van der Waals surface area contributed by atoms with Crippen molar-refractivity contribution in [1.29, 1.82) is 0 Å². The molecule has 0 aromatic heterocycles. The van der Waals surface area contributed by atoms with Gasteiger partial charge in [0.1, 0.15) is 5.75 Å². The molecular formula is C19H29NO3. The van der Waals surface area contributed by atoms with E-state index in [2.05, 4.69) is 13.8 Å². The van der Waals surface area contributed by atoms with Crippen LogP contribution in [0.5, 0.6) is 5.75 Å². The summed E-state index contributed by atoms with van der Waals surface area (Å²) in [5.74, 6) is 2.04. The predicted octanol–water partition coefficient (Wildman–Crippen LogP) is 3.37. The third-order valence-corrected chi connectivity index (χ3v) is 4.01. The van der Waals surface area contributed by atoms with Gasteiger partial charge in [-0.25, -0.2) is 0 Å². The summed E-state index contributed by atoms with van der Waals surface area (Å²) in [4.78, 5) is 14.2. The summed E-state index contributed by atoms with van der Waals surface area (Å²) in [6.07, 6.45) is 2.67. The van der Waals surface area contributed by atoms with Crippen molar-refractivity contribution in [3.05, 3.63) is 30.3 Å². The molecule has 1 aliphatic rings. The van der Waals surface area contributed by atoms with Crippen molar-refractivity contribution in [3.8, 4) is 5.75 Å². The molecule has 128 valence electrons. The summed E-state index contributed by atoms with van der Waals surface area (Å²) < 4.78 is 11.4. The van der Waals surface area contributed by atoms with Gasteiger partial charge in [-0.15, -0.1) is 0 Å². The highest BCUT2D eigenvalue weighted by Gasteiger charge is 2.23. The van der Waals surface area contributed by atoms with Crippen molar-refractivity contribution in [1.82, 2.24) is 4.90 Å². The molecule has 0 N–H and O–H groups in total. The summed E-state index contributed by atoms with van der Waals surface area (Å²) >= 11 is 0. The minimum atomic E-state index is 0.207. The number of likely N-dealkylation sites (tertiary alicyclic amines) is 1. The van der Waals surface area contributed by atoms with E-state index in [1.54, 1.807) is 0 Å². The lowest BCUT2D eigenvalue weighted by atomic mass is 9.98. The molecule has 1 amide bonds. The lowest BCUT2D eigenvalue weighted by molar-refractivity contribution is -0.134. The van der Waals surface area contributed by atoms with Gasteiger partial charge in [-0.2, -0.15) is 0 Å². The predicted molar refractivity (Wildman–Crippen MR) is 91.5 cm³/mol. The molecule has 1 aromatic rings. The van der Waals surface area contributed by atoms with Gasteiger partial charge < -0.3 is 14.4 Å². The Kier molecular flexibility index (Phi) is 7.40. The first kappa shape index (κ1) is 17.8. The van der Waals surface area contributed by atoms with E-state index in [1.165, 1.54) is 0 Å². The van der Waals surface area contributed by atoms with Gasteiger partial charge in [0.15, 0.2) is 0 Å². The zero-order valence-corrected chi connectivity index (χ0v) is 14.4. The van der Waals surface area contributed by atoms with Crippen LogP contribution in [0.15, 0.2) is 30.3 Å². The summed E-state index contributed by atoms with van der Waals surface area (Å²) in [5.41, 5.74) is 0. The van der Waals surface area contributed by atoms with Gasteiger partial charge in [-0.1, -0.05) is 32.0 Å². The Balaban J connectivity index is 1.69. The topological polar surface area (TPSA) is 38.8 Å². The standard InChI is InChI=1S/C19H29NO3/c1-16(2)14-22-12-10-19(21)20-11-6-7-17(13-20)15-23-18-8-4-3-5-9-18/h3-5,8-9,16-17H,6-7,10-15H2,1-2H3. The molecule has 1 heterocycles.